The van der Waals surface area contributed by atoms with E-state index >= 15 is 0 Å². The van der Waals surface area contributed by atoms with Gasteiger partial charge in [0, 0.05) is 11.8 Å². The van der Waals surface area contributed by atoms with Crippen molar-refractivity contribution in [3.8, 4) is 5.75 Å². The quantitative estimate of drug-likeness (QED) is 0.578. The van der Waals surface area contributed by atoms with Gasteiger partial charge >= 0.3 is 0 Å². The van der Waals surface area contributed by atoms with Gasteiger partial charge in [0.15, 0.2) is 0 Å². The molecule has 3 aromatic rings. The van der Waals surface area contributed by atoms with E-state index < -0.39 is 0 Å². The maximum absolute atomic E-state index is 13.8. The molecule has 1 saturated heterocycles. The number of anilines is 1. The lowest BCUT2D eigenvalue weighted by atomic mass is 9.55. The number of para-hydroxylation sites is 2. The first-order valence-corrected chi connectivity index (χ1v) is 11.0. The molecule has 0 N–H and O–H groups in total. The summed E-state index contributed by atoms with van der Waals surface area (Å²) in [6, 6.07) is 24.0. The van der Waals surface area contributed by atoms with Crippen LogP contribution in [0.1, 0.15) is 47.4 Å². The summed E-state index contributed by atoms with van der Waals surface area (Å²) in [5.74, 6) is -0.557. The van der Waals surface area contributed by atoms with Crippen molar-refractivity contribution >= 4 is 17.5 Å². The molecule has 31 heavy (non-hydrogen) atoms. The van der Waals surface area contributed by atoms with Gasteiger partial charge in [-0.25, -0.2) is 4.90 Å². The number of carbonyl (C=O) groups is 2. The minimum absolute atomic E-state index is 0.0902. The number of hydrogen-bond donors (Lipinski definition) is 0. The normalized spacial score (nSPS) is 25.3. The van der Waals surface area contributed by atoms with Gasteiger partial charge in [-0.15, -0.1) is 0 Å². The maximum Gasteiger partial charge on any atom is 0.238 e. The summed E-state index contributed by atoms with van der Waals surface area (Å²) in [6.45, 7) is 2.58. The number of imide groups is 1. The van der Waals surface area contributed by atoms with Crippen LogP contribution in [0.4, 0.5) is 5.69 Å². The van der Waals surface area contributed by atoms with Gasteiger partial charge in [0.2, 0.25) is 11.8 Å². The molecule has 4 nitrogen and oxygen atoms in total. The van der Waals surface area contributed by atoms with Crippen LogP contribution in [0, 0.1) is 11.8 Å². The molecule has 0 unspecified atom stereocenters. The van der Waals surface area contributed by atoms with Crippen LogP contribution < -0.4 is 9.64 Å². The van der Waals surface area contributed by atoms with Gasteiger partial charge in [-0.3, -0.25) is 9.59 Å². The summed E-state index contributed by atoms with van der Waals surface area (Å²) < 4.78 is 5.90. The fourth-order valence-electron chi connectivity index (χ4n) is 5.89. The highest BCUT2D eigenvalue weighted by atomic mass is 16.5. The molecule has 4 heteroatoms. The lowest BCUT2D eigenvalue weighted by Crippen LogP contribution is -2.41. The van der Waals surface area contributed by atoms with Crippen LogP contribution in [0.3, 0.4) is 0 Å². The summed E-state index contributed by atoms with van der Waals surface area (Å²) in [6.07, 6.45) is 0.857. The number of ether oxygens (including phenoxy) is 1. The van der Waals surface area contributed by atoms with Gasteiger partial charge in [0.05, 0.1) is 24.1 Å². The van der Waals surface area contributed by atoms with E-state index in [1.165, 1.54) is 27.2 Å². The average Bonchev–Trinajstić information content (AvgIpc) is 3.08. The first kappa shape index (κ1) is 18.4. The van der Waals surface area contributed by atoms with E-state index in [4.69, 9.17) is 4.74 Å². The van der Waals surface area contributed by atoms with E-state index in [1.54, 1.807) is 0 Å². The number of amides is 2. The van der Waals surface area contributed by atoms with Crippen molar-refractivity contribution in [2.24, 2.45) is 11.8 Å². The van der Waals surface area contributed by atoms with Crippen LogP contribution in [0.15, 0.2) is 72.8 Å². The topological polar surface area (TPSA) is 46.6 Å². The van der Waals surface area contributed by atoms with Crippen molar-refractivity contribution in [1.82, 2.24) is 0 Å². The molecule has 2 atom stereocenters. The van der Waals surface area contributed by atoms with Gasteiger partial charge in [-0.05, 0) is 40.8 Å². The Labute approximate surface area is 181 Å². The predicted octanol–water partition coefficient (Wildman–Crippen LogP) is 4.87. The minimum Gasteiger partial charge on any atom is -0.491 e. The summed E-state index contributed by atoms with van der Waals surface area (Å²) in [5.41, 5.74) is 5.31. The maximum atomic E-state index is 13.8. The molecule has 2 bridgehead atoms. The molecule has 1 heterocycles. The van der Waals surface area contributed by atoms with Crippen molar-refractivity contribution in [1.29, 1.82) is 0 Å². The Bertz CT molecular complexity index is 1100. The Hall–Kier alpha value is -3.40. The summed E-state index contributed by atoms with van der Waals surface area (Å²) >= 11 is 0. The Morgan fingerprint density at radius 1 is 0.710 bits per heavy atom. The zero-order valence-electron chi connectivity index (χ0n) is 17.3. The number of rotatable bonds is 4. The second kappa shape index (κ2) is 6.81. The third-order valence-electron chi connectivity index (χ3n) is 7.02. The molecule has 4 aliphatic rings. The second-order valence-corrected chi connectivity index (χ2v) is 8.59. The van der Waals surface area contributed by atoms with Crippen LogP contribution in [-0.2, 0) is 9.59 Å². The largest absolute Gasteiger partial charge is 0.491 e. The highest BCUT2D eigenvalue weighted by Gasteiger charge is 2.62. The van der Waals surface area contributed by atoms with Crippen molar-refractivity contribution < 1.29 is 14.3 Å². The number of benzene rings is 3. The molecule has 0 spiro atoms. The van der Waals surface area contributed by atoms with E-state index in [1.807, 2.05) is 55.5 Å². The summed E-state index contributed by atoms with van der Waals surface area (Å²) in [4.78, 5) is 29.1. The molecule has 2 amide bonds. The van der Waals surface area contributed by atoms with Crippen molar-refractivity contribution in [2.45, 2.75) is 25.2 Å². The highest BCUT2D eigenvalue weighted by Crippen LogP contribution is 2.61. The van der Waals surface area contributed by atoms with Crippen LogP contribution >= 0.6 is 0 Å². The van der Waals surface area contributed by atoms with Crippen LogP contribution in [0.25, 0.3) is 0 Å². The Balaban J connectivity index is 1.51. The zero-order chi connectivity index (χ0) is 21.1. The van der Waals surface area contributed by atoms with Crippen LogP contribution in [0.5, 0.6) is 5.75 Å². The number of nitrogens with zero attached hydrogens (tertiary/aromatic N) is 1. The first-order chi connectivity index (χ1) is 15.2. The molecule has 3 aromatic carbocycles. The molecule has 0 radical (unpaired) electrons. The van der Waals surface area contributed by atoms with E-state index in [0.29, 0.717) is 18.0 Å². The van der Waals surface area contributed by atoms with Crippen molar-refractivity contribution in [3.63, 3.8) is 0 Å². The van der Waals surface area contributed by atoms with Gasteiger partial charge in [0.1, 0.15) is 5.75 Å². The molecule has 1 aliphatic heterocycles. The zero-order valence-corrected chi connectivity index (χ0v) is 17.3. The first-order valence-electron chi connectivity index (χ1n) is 11.0. The molecule has 154 valence electrons. The van der Waals surface area contributed by atoms with Gasteiger partial charge in [0.25, 0.3) is 0 Å². The average molecular weight is 409 g/mol. The standard InChI is InChI=1S/C27H23NO3/c1-2-15-31-21-14-8-7-13-20(21)28-26(29)24-22-16-9-3-4-10-17(16)23(25(24)27(28)30)19-12-6-5-11-18(19)22/h3-14,22-25H,2,15H2,1H3/t22?,23?,24-,25-/m0/s1. The fraction of sp³-hybridized carbons (Fsp3) is 0.259. The van der Waals surface area contributed by atoms with E-state index in [-0.39, 0.29) is 35.5 Å². The molecular formula is C27H23NO3. The lowest BCUT2D eigenvalue weighted by molar-refractivity contribution is -0.122. The Morgan fingerprint density at radius 2 is 1.16 bits per heavy atom. The predicted molar refractivity (Wildman–Crippen MR) is 118 cm³/mol. The van der Waals surface area contributed by atoms with Crippen LogP contribution in [-0.4, -0.2) is 18.4 Å². The summed E-state index contributed by atoms with van der Waals surface area (Å²) in [7, 11) is 0. The Kier molecular flexibility index (Phi) is 4.04. The summed E-state index contributed by atoms with van der Waals surface area (Å²) in [5, 5.41) is 0. The SMILES string of the molecule is CCCOc1ccccc1N1C(=O)[C@H]2C3c4ccccc4C(c4ccccc43)[C@@H]2C1=O. The monoisotopic (exact) mass is 409 g/mol. The molecule has 7 rings (SSSR count). The van der Waals surface area contributed by atoms with Crippen molar-refractivity contribution in [2.75, 3.05) is 11.5 Å². The van der Waals surface area contributed by atoms with E-state index in [9.17, 15) is 9.59 Å². The second-order valence-electron chi connectivity index (χ2n) is 8.59. The molecule has 1 fully saturated rings. The third-order valence-corrected chi connectivity index (χ3v) is 7.02. The fourth-order valence-corrected chi connectivity index (χ4v) is 5.89. The van der Waals surface area contributed by atoms with Crippen LogP contribution in [0.2, 0.25) is 0 Å². The highest BCUT2D eigenvalue weighted by molar-refractivity contribution is 6.24. The van der Waals surface area contributed by atoms with Gasteiger partial charge < -0.3 is 4.74 Å². The number of hydrogen-bond acceptors (Lipinski definition) is 3. The molecule has 0 aromatic heterocycles. The lowest BCUT2D eigenvalue weighted by Gasteiger charge is -2.45. The molecular weight excluding hydrogens is 386 g/mol. The third kappa shape index (κ3) is 2.42. The number of carbonyl (C=O) groups excluding carboxylic acids is 2. The van der Waals surface area contributed by atoms with E-state index in [0.717, 1.165) is 6.42 Å². The smallest absolute Gasteiger partial charge is 0.238 e. The molecule has 3 aliphatic carbocycles. The molecule has 0 saturated carbocycles. The van der Waals surface area contributed by atoms with Gasteiger partial charge in [-0.2, -0.15) is 0 Å². The van der Waals surface area contributed by atoms with Crippen molar-refractivity contribution in [3.05, 3.63) is 95.1 Å². The van der Waals surface area contributed by atoms with Gasteiger partial charge in [-0.1, -0.05) is 67.6 Å². The van der Waals surface area contributed by atoms with E-state index in [2.05, 4.69) is 24.3 Å². The Morgan fingerprint density at radius 3 is 1.65 bits per heavy atom. The minimum atomic E-state index is -0.374.